The zero-order chi connectivity index (χ0) is 13.1. The molecule has 1 unspecified atom stereocenters. The summed E-state index contributed by atoms with van der Waals surface area (Å²) in [5, 5.41) is 0.380. The number of nitrogens with zero attached hydrogens (tertiary/aromatic N) is 1. The first-order valence-electron chi connectivity index (χ1n) is 5.36. The van der Waals surface area contributed by atoms with Gasteiger partial charge in [-0.25, -0.2) is 0 Å². The van der Waals surface area contributed by atoms with Crippen molar-refractivity contribution >= 4 is 35.2 Å². The maximum atomic E-state index is 11.8. The molecule has 0 radical (unpaired) electrons. The van der Waals surface area contributed by atoms with E-state index in [1.807, 2.05) is 18.2 Å². The van der Waals surface area contributed by atoms with E-state index in [1.54, 1.807) is 6.07 Å². The van der Waals surface area contributed by atoms with Crippen molar-refractivity contribution in [1.82, 2.24) is 4.90 Å². The molecule has 0 spiro atoms. The van der Waals surface area contributed by atoms with Crippen LogP contribution in [0.25, 0.3) is 0 Å². The molecule has 1 amide bonds. The number of hydrogen-bond acceptors (Lipinski definition) is 4. The normalized spacial score (nSPS) is 19.1. The van der Waals surface area contributed by atoms with Gasteiger partial charge in [0.05, 0.1) is 12.9 Å². The molecular weight excluding hydrogens is 274 g/mol. The number of amides is 1. The lowest BCUT2D eigenvalue weighted by molar-refractivity contribution is -0.146. The summed E-state index contributed by atoms with van der Waals surface area (Å²) in [6.45, 7) is -0.0434. The largest absolute Gasteiger partial charge is 0.468 e. The molecule has 18 heavy (non-hydrogen) atoms. The minimum atomic E-state index is -0.428. The zero-order valence-corrected chi connectivity index (χ0v) is 11.3. The van der Waals surface area contributed by atoms with Gasteiger partial charge in [0.25, 0.3) is 0 Å². The van der Waals surface area contributed by atoms with E-state index >= 15 is 0 Å². The minimum absolute atomic E-state index is 0.0434. The van der Waals surface area contributed by atoms with Crippen LogP contribution in [0.5, 0.6) is 0 Å². The summed E-state index contributed by atoms with van der Waals surface area (Å²) in [4.78, 5) is 24.6. The van der Waals surface area contributed by atoms with Crippen LogP contribution >= 0.6 is 23.4 Å². The van der Waals surface area contributed by atoms with Crippen LogP contribution in [0.2, 0.25) is 5.02 Å². The highest BCUT2D eigenvalue weighted by Crippen LogP contribution is 2.41. The highest BCUT2D eigenvalue weighted by Gasteiger charge is 2.35. The molecule has 0 bridgehead atoms. The van der Waals surface area contributed by atoms with Crippen LogP contribution in [0.1, 0.15) is 10.9 Å². The zero-order valence-electron chi connectivity index (χ0n) is 9.76. The molecule has 2 rings (SSSR count). The summed E-state index contributed by atoms with van der Waals surface area (Å²) >= 11 is 7.58. The van der Waals surface area contributed by atoms with Gasteiger partial charge >= 0.3 is 5.97 Å². The van der Waals surface area contributed by atoms with E-state index in [9.17, 15) is 9.59 Å². The van der Waals surface area contributed by atoms with Crippen LogP contribution in [-0.4, -0.2) is 36.2 Å². The van der Waals surface area contributed by atoms with Crippen LogP contribution < -0.4 is 0 Å². The summed E-state index contributed by atoms with van der Waals surface area (Å²) < 4.78 is 4.60. The molecule has 0 saturated carbocycles. The van der Waals surface area contributed by atoms with E-state index in [-0.39, 0.29) is 17.8 Å². The molecule has 1 atom stereocenters. The number of benzene rings is 1. The number of methoxy groups -OCH3 is 1. The van der Waals surface area contributed by atoms with Crippen molar-refractivity contribution in [3.63, 3.8) is 0 Å². The fraction of sp³-hybridized carbons (Fsp3) is 0.333. The van der Waals surface area contributed by atoms with Gasteiger partial charge in [0.15, 0.2) is 0 Å². The second-order valence-electron chi connectivity index (χ2n) is 3.78. The molecule has 1 fully saturated rings. The number of carbonyl (C=O) groups is 2. The maximum absolute atomic E-state index is 11.8. The van der Waals surface area contributed by atoms with Crippen LogP contribution in [0.4, 0.5) is 0 Å². The molecule has 4 nitrogen and oxygen atoms in total. The van der Waals surface area contributed by atoms with E-state index in [0.717, 1.165) is 5.56 Å². The lowest BCUT2D eigenvalue weighted by Crippen LogP contribution is -2.34. The van der Waals surface area contributed by atoms with Crippen molar-refractivity contribution in [2.45, 2.75) is 5.37 Å². The fourth-order valence-electron chi connectivity index (χ4n) is 1.76. The molecule has 6 heteroatoms. The highest BCUT2D eigenvalue weighted by atomic mass is 35.5. The molecule has 1 aromatic rings. The van der Waals surface area contributed by atoms with Crippen molar-refractivity contribution in [2.75, 3.05) is 19.4 Å². The van der Waals surface area contributed by atoms with Crippen molar-refractivity contribution in [3.05, 3.63) is 34.9 Å². The average molecular weight is 286 g/mol. The average Bonchev–Trinajstić information content (AvgIpc) is 2.72. The monoisotopic (exact) mass is 285 g/mol. The molecule has 96 valence electrons. The van der Waals surface area contributed by atoms with E-state index in [0.29, 0.717) is 10.8 Å². The molecule has 1 heterocycles. The summed E-state index contributed by atoms with van der Waals surface area (Å²) in [5.41, 5.74) is 0.846. The Hall–Kier alpha value is -1.20. The van der Waals surface area contributed by atoms with Gasteiger partial charge in [-0.2, -0.15) is 0 Å². The third-order valence-electron chi connectivity index (χ3n) is 2.67. The van der Waals surface area contributed by atoms with Crippen LogP contribution in [-0.2, 0) is 14.3 Å². The number of esters is 1. The van der Waals surface area contributed by atoms with Crippen LogP contribution in [0.15, 0.2) is 24.3 Å². The maximum Gasteiger partial charge on any atom is 0.325 e. The molecule has 0 aromatic heterocycles. The number of rotatable bonds is 3. The smallest absolute Gasteiger partial charge is 0.325 e. The van der Waals surface area contributed by atoms with Crippen molar-refractivity contribution < 1.29 is 14.3 Å². The number of halogens is 1. The van der Waals surface area contributed by atoms with Gasteiger partial charge in [-0.3, -0.25) is 9.59 Å². The van der Waals surface area contributed by atoms with Crippen LogP contribution in [0, 0.1) is 0 Å². The molecule has 1 saturated heterocycles. The Balaban J connectivity index is 2.24. The Morgan fingerprint density at radius 1 is 1.56 bits per heavy atom. The Kier molecular flexibility index (Phi) is 4.14. The third-order valence-corrected chi connectivity index (χ3v) is 4.25. The first-order chi connectivity index (χ1) is 8.63. The lowest BCUT2D eigenvalue weighted by Gasteiger charge is -2.23. The molecule has 0 N–H and O–H groups in total. The van der Waals surface area contributed by atoms with E-state index in [1.165, 1.54) is 23.8 Å². The predicted octanol–water partition coefficient (Wildman–Crippen LogP) is 2.09. The Morgan fingerprint density at radius 2 is 2.28 bits per heavy atom. The minimum Gasteiger partial charge on any atom is -0.468 e. The van der Waals surface area contributed by atoms with Crippen molar-refractivity contribution in [1.29, 1.82) is 0 Å². The van der Waals surface area contributed by atoms with Gasteiger partial charge in [0.1, 0.15) is 11.9 Å². The van der Waals surface area contributed by atoms with Gasteiger partial charge < -0.3 is 9.64 Å². The Bertz CT molecular complexity index is 480. The Morgan fingerprint density at radius 3 is 2.94 bits per heavy atom. The number of carbonyl (C=O) groups excluding carboxylic acids is 2. The first-order valence-corrected chi connectivity index (χ1v) is 6.78. The lowest BCUT2D eigenvalue weighted by atomic mass is 10.2. The number of ether oxygens (including phenoxy) is 1. The summed E-state index contributed by atoms with van der Waals surface area (Å²) in [6, 6.07) is 7.33. The molecule has 0 aliphatic carbocycles. The fourth-order valence-corrected chi connectivity index (χ4v) is 3.29. The number of thioether (sulfide) groups is 1. The molecule has 1 aliphatic rings. The predicted molar refractivity (Wildman–Crippen MR) is 70.4 cm³/mol. The second-order valence-corrected chi connectivity index (χ2v) is 5.26. The van der Waals surface area contributed by atoms with Gasteiger partial charge in [0, 0.05) is 10.6 Å². The van der Waals surface area contributed by atoms with E-state index < -0.39 is 5.97 Å². The van der Waals surface area contributed by atoms with Gasteiger partial charge in [-0.15, -0.1) is 11.8 Å². The summed E-state index contributed by atoms with van der Waals surface area (Å²) in [7, 11) is 1.31. The SMILES string of the molecule is COC(=O)CN1C(=O)CSC1c1ccccc1Cl. The molecule has 1 aliphatic heterocycles. The standard InChI is InChI=1S/C12H12ClNO3S/c1-17-11(16)6-14-10(15)7-18-12(14)8-4-2-3-5-9(8)13/h2-5,12H,6-7H2,1H3. The van der Waals surface area contributed by atoms with Crippen LogP contribution in [0.3, 0.4) is 0 Å². The molecular formula is C12H12ClNO3S. The third kappa shape index (κ3) is 2.62. The Labute approximate surface area is 114 Å². The first kappa shape index (κ1) is 13.2. The number of hydrogen-bond donors (Lipinski definition) is 0. The van der Waals surface area contributed by atoms with E-state index in [4.69, 9.17) is 11.6 Å². The topological polar surface area (TPSA) is 46.6 Å². The second kappa shape index (κ2) is 5.63. The highest BCUT2D eigenvalue weighted by molar-refractivity contribution is 8.00. The summed E-state index contributed by atoms with van der Waals surface area (Å²) in [5.74, 6) is -0.148. The van der Waals surface area contributed by atoms with Gasteiger partial charge in [0.2, 0.25) is 5.91 Å². The van der Waals surface area contributed by atoms with Crippen molar-refractivity contribution in [3.8, 4) is 0 Å². The van der Waals surface area contributed by atoms with E-state index in [2.05, 4.69) is 4.74 Å². The van der Waals surface area contributed by atoms with Crippen molar-refractivity contribution in [2.24, 2.45) is 0 Å². The molecule has 1 aromatic carbocycles. The summed E-state index contributed by atoms with van der Waals surface area (Å²) in [6.07, 6.45) is 0. The van der Waals surface area contributed by atoms with Gasteiger partial charge in [-0.1, -0.05) is 29.8 Å². The van der Waals surface area contributed by atoms with Gasteiger partial charge in [-0.05, 0) is 6.07 Å². The quantitative estimate of drug-likeness (QED) is 0.798.